The molecule has 0 spiro atoms. The molecule has 0 aromatic heterocycles. The van der Waals surface area contributed by atoms with E-state index in [4.69, 9.17) is 14.6 Å². The Kier molecular flexibility index (Phi) is 13.0. The van der Waals surface area contributed by atoms with Crippen molar-refractivity contribution in [2.24, 2.45) is 5.92 Å². The van der Waals surface area contributed by atoms with E-state index in [2.05, 4.69) is 13.8 Å². The Morgan fingerprint density at radius 3 is 2.22 bits per heavy atom. The number of aliphatic hydroxyl groups is 1. The molecule has 23 heavy (non-hydrogen) atoms. The zero-order chi connectivity index (χ0) is 16.8. The maximum absolute atomic E-state index is 9.14. The maximum Gasteiger partial charge on any atom is 0.0810 e. The predicted molar refractivity (Wildman–Crippen MR) is 96.8 cm³/mol. The number of ether oxygens (including phenoxy) is 2. The fourth-order valence-electron chi connectivity index (χ4n) is 3.38. The Labute approximate surface area is 144 Å². The van der Waals surface area contributed by atoms with Crippen LogP contribution >= 0.6 is 0 Å². The van der Waals surface area contributed by atoms with E-state index in [-0.39, 0.29) is 12.7 Å². The first-order valence-corrected chi connectivity index (χ1v) is 10.1. The average molecular weight is 329 g/mol. The Hall–Kier alpha value is -0.120. The van der Waals surface area contributed by atoms with E-state index < -0.39 is 0 Å². The molecule has 3 unspecified atom stereocenters. The van der Waals surface area contributed by atoms with Crippen molar-refractivity contribution in [1.82, 2.24) is 0 Å². The number of hydrogen-bond acceptors (Lipinski definition) is 3. The molecular weight excluding hydrogens is 288 g/mol. The SMILES string of the molecule is CCCCCCCCC(CCCCC)OCC1COC(CO)C1. The Morgan fingerprint density at radius 1 is 0.957 bits per heavy atom. The lowest BCUT2D eigenvalue weighted by Gasteiger charge is -2.20. The standard InChI is InChI=1S/C20H40O3/c1-3-5-7-8-9-11-13-19(12-10-6-4-2)22-16-18-14-20(15-21)23-17-18/h18-21H,3-17H2,1-2H3. The van der Waals surface area contributed by atoms with Crippen LogP contribution in [0.1, 0.15) is 90.9 Å². The molecule has 0 aromatic carbocycles. The molecule has 0 aromatic rings. The van der Waals surface area contributed by atoms with Crippen LogP contribution in [-0.4, -0.2) is 37.1 Å². The summed E-state index contributed by atoms with van der Waals surface area (Å²) in [6.45, 7) is 6.24. The number of hydrogen-bond donors (Lipinski definition) is 1. The van der Waals surface area contributed by atoms with Gasteiger partial charge in [-0.3, -0.25) is 0 Å². The van der Waals surface area contributed by atoms with E-state index in [0.29, 0.717) is 12.0 Å². The second-order valence-corrected chi connectivity index (χ2v) is 7.25. The molecule has 1 N–H and O–H groups in total. The minimum absolute atomic E-state index is 0.0423. The van der Waals surface area contributed by atoms with Crippen LogP contribution in [0.2, 0.25) is 0 Å². The van der Waals surface area contributed by atoms with Gasteiger partial charge >= 0.3 is 0 Å². The molecule has 3 heteroatoms. The van der Waals surface area contributed by atoms with Crippen LogP contribution in [0.3, 0.4) is 0 Å². The summed E-state index contributed by atoms with van der Waals surface area (Å²) in [5.74, 6) is 0.477. The zero-order valence-corrected chi connectivity index (χ0v) is 15.6. The van der Waals surface area contributed by atoms with E-state index in [1.54, 1.807) is 0 Å². The van der Waals surface area contributed by atoms with Crippen molar-refractivity contribution in [3.05, 3.63) is 0 Å². The molecular formula is C20H40O3. The summed E-state index contributed by atoms with van der Waals surface area (Å²) < 4.78 is 11.8. The Balaban J connectivity index is 2.17. The van der Waals surface area contributed by atoms with Gasteiger partial charge in [-0.05, 0) is 19.3 Å². The zero-order valence-electron chi connectivity index (χ0n) is 15.6. The fraction of sp³-hybridized carbons (Fsp3) is 1.00. The van der Waals surface area contributed by atoms with Gasteiger partial charge in [0.2, 0.25) is 0 Å². The van der Waals surface area contributed by atoms with Crippen LogP contribution in [0, 0.1) is 5.92 Å². The Morgan fingerprint density at radius 2 is 1.57 bits per heavy atom. The van der Waals surface area contributed by atoms with Gasteiger partial charge in [-0.1, -0.05) is 71.6 Å². The molecule has 138 valence electrons. The van der Waals surface area contributed by atoms with Gasteiger partial charge in [-0.25, -0.2) is 0 Å². The van der Waals surface area contributed by atoms with Crippen LogP contribution in [0.4, 0.5) is 0 Å². The highest BCUT2D eigenvalue weighted by atomic mass is 16.5. The van der Waals surface area contributed by atoms with E-state index in [1.165, 1.54) is 70.6 Å². The van der Waals surface area contributed by atoms with Crippen molar-refractivity contribution in [2.45, 2.75) is 103 Å². The summed E-state index contributed by atoms with van der Waals surface area (Å²) in [6, 6.07) is 0. The summed E-state index contributed by atoms with van der Waals surface area (Å²) in [5, 5.41) is 9.14. The summed E-state index contributed by atoms with van der Waals surface area (Å²) in [7, 11) is 0. The molecule has 1 aliphatic rings. The van der Waals surface area contributed by atoms with Crippen LogP contribution in [0.15, 0.2) is 0 Å². The van der Waals surface area contributed by atoms with Crippen LogP contribution in [0.25, 0.3) is 0 Å². The van der Waals surface area contributed by atoms with Crippen molar-refractivity contribution < 1.29 is 14.6 Å². The highest BCUT2D eigenvalue weighted by Crippen LogP contribution is 2.22. The molecule has 3 atom stereocenters. The van der Waals surface area contributed by atoms with Gasteiger partial charge in [0, 0.05) is 5.92 Å². The molecule has 0 bridgehead atoms. The van der Waals surface area contributed by atoms with Gasteiger partial charge in [0.1, 0.15) is 0 Å². The van der Waals surface area contributed by atoms with E-state index >= 15 is 0 Å². The number of rotatable bonds is 15. The molecule has 1 saturated heterocycles. The number of unbranched alkanes of at least 4 members (excludes halogenated alkanes) is 7. The van der Waals surface area contributed by atoms with E-state index in [1.807, 2.05) is 0 Å². The smallest absolute Gasteiger partial charge is 0.0810 e. The lowest BCUT2D eigenvalue weighted by Crippen LogP contribution is -2.19. The minimum Gasteiger partial charge on any atom is -0.394 e. The van der Waals surface area contributed by atoms with Crippen molar-refractivity contribution in [3.8, 4) is 0 Å². The third-order valence-corrected chi connectivity index (χ3v) is 4.94. The third kappa shape index (κ3) is 10.4. The van der Waals surface area contributed by atoms with Gasteiger partial charge in [0.05, 0.1) is 32.0 Å². The molecule has 1 rings (SSSR count). The molecule has 0 amide bonds. The molecule has 0 saturated carbocycles. The largest absolute Gasteiger partial charge is 0.394 e. The van der Waals surface area contributed by atoms with Crippen LogP contribution < -0.4 is 0 Å². The fourth-order valence-corrected chi connectivity index (χ4v) is 3.38. The highest BCUT2D eigenvalue weighted by Gasteiger charge is 2.25. The average Bonchev–Trinajstić information content (AvgIpc) is 3.03. The maximum atomic E-state index is 9.14. The van der Waals surface area contributed by atoms with Crippen LogP contribution in [-0.2, 0) is 9.47 Å². The van der Waals surface area contributed by atoms with Crippen molar-refractivity contribution in [2.75, 3.05) is 19.8 Å². The summed E-state index contributed by atoms with van der Waals surface area (Å²) in [6.07, 6.45) is 15.9. The van der Waals surface area contributed by atoms with Crippen molar-refractivity contribution >= 4 is 0 Å². The van der Waals surface area contributed by atoms with E-state index in [0.717, 1.165) is 19.6 Å². The summed E-state index contributed by atoms with van der Waals surface area (Å²) in [5.41, 5.74) is 0. The first kappa shape index (κ1) is 20.9. The first-order chi connectivity index (χ1) is 11.3. The van der Waals surface area contributed by atoms with Gasteiger partial charge in [0.25, 0.3) is 0 Å². The summed E-state index contributed by atoms with van der Waals surface area (Å²) >= 11 is 0. The second-order valence-electron chi connectivity index (χ2n) is 7.25. The molecule has 1 fully saturated rings. The molecule has 3 nitrogen and oxygen atoms in total. The lowest BCUT2D eigenvalue weighted by molar-refractivity contribution is 0.0119. The van der Waals surface area contributed by atoms with Gasteiger partial charge in [0.15, 0.2) is 0 Å². The first-order valence-electron chi connectivity index (χ1n) is 10.1. The van der Waals surface area contributed by atoms with Crippen molar-refractivity contribution in [1.29, 1.82) is 0 Å². The quantitative estimate of drug-likeness (QED) is 0.425. The summed E-state index contributed by atoms with van der Waals surface area (Å²) in [4.78, 5) is 0. The van der Waals surface area contributed by atoms with Crippen LogP contribution in [0.5, 0.6) is 0 Å². The molecule has 0 radical (unpaired) electrons. The molecule has 1 heterocycles. The number of aliphatic hydroxyl groups excluding tert-OH is 1. The second kappa shape index (κ2) is 14.2. The topological polar surface area (TPSA) is 38.7 Å². The van der Waals surface area contributed by atoms with E-state index in [9.17, 15) is 0 Å². The monoisotopic (exact) mass is 328 g/mol. The lowest BCUT2D eigenvalue weighted by atomic mass is 10.0. The van der Waals surface area contributed by atoms with Crippen molar-refractivity contribution in [3.63, 3.8) is 0 Å². The molecule has 0 aliphatic carbocycles. The Bertz CT molecular complexity index is 257. The van der Waals surface area contributed by atoms with Gasteiger partial charge in [-0.2, -0.15) is 0 Å². The molecule has 1 aliphatic heterocycles. The predicted octanol–water partition coefficient (Wildman–Crippen LogP) is 5.10. The highest BCUT2D eigenvalue weighted by molar-refractivity contribution is 4.73. The van der Waals surface area contributed by atoms with Gasteiger partial charge in [-0.15, -0.1) is 0 Å². The normalized spacial score (nSPS) is 22.6. The third-order valence-electron chi connectivity index (χ3n) is 4.94. The minimum atomic E-state index is 0.0423. The van der Waals surface area contributed by atoms with Gasteiger partial charge < -0.3 is 14.6 Å².